The van der Waals surface area contributed by atoms with Crippen LogP contribution in [0.15, 0.2) is 29.4 Å². The topological polar surface area (TPSA) is 61.7 Å². The van der Waals surface area contributed by atoms with Gasteiger partial charge >= 0.3 is 5.97 Å². The number of anilines is 1. The zero-order valence-corrected chi connectivity index (χ0v) is 8.82. The molecule has 0 aliphatic carbocycles. The van der Waals surface area contributed by atoms with Gasteiger partial charge in [-0.3, -0.25) is 5.43 Å². The number of hydrazone groups is 1. The average Bonchev–Trinajstić information content (AvgIpc) is 2.26. The van der Waals surface area contributed by atoms with Crippen molar-refractivity contribution in [3.63, 3.8) is 0 Å². The van der Waals surface area contributed by atoms with Gasteiger partial charge in [-0.1, -0.05) is 6.92 Å². The van der Waals surface area contributed by atoms with E-state index in [0.29, 0.717) is 0 Å². The Bertz CT molecular complexity index is 369. The molecule has 0 saturated heterocycles. The fraction of sp³-hybridized carbons (Fsp3) is 0.273. The van der Waals surface area contributed by atoms with Crippen LogP contribution in [0.5, 0.6) is 0 Å². The maximum atomic E-state index is 10.6. The van der Waals surface area contributed by atoms with E-state index in [1.54, 1.807) is 24.3 Å². The van der Waals surface area contributed by atoms with Crippen LogP contribution in [-0.4, -0.2) is 16.8 Å². The number of hydrogen-bond acceptors (Lipinski definition) is 3. The molecule has 0 unspecified atom stereocenters. The lowest BCUT2D eigenvalue weighted by Gasteiger charge is -2.02. The van der Waals surface area contributed by atoms with E-state index in [-0.39, 0.29) is 5.56 Å². The quantitative estimate of drug-likeness (QED) is 0.588. The Balaban J connectivity index is 2.69. The molecule has 80 valence electrons. The summed E-state index contributed by atoms with van der Waals surface area (Å²) >= 11 is 0. The molecule has 1 rings (SSSR count). The first-order chi connectivity index (χ1) is 7.13. The molecule has 0 fully saturated rings. The van der Waals surface area contributed by atoms with E-state index in [1.807, 2.05) is 13.8 Å². The van der Waals surface area contributed by atoms with Gasteiger partial charge in [-0.2, -0.15) is 5.10 Å². The lowest BCUT2D eigenvalue weighted by Crippen LogP contribution is -1.98. The monoisotopic (exact) mass is 206 g/mol. The van der Waals surface area contributed by atoms with Crippen molar-refractivity contribution in [3.8, 4) is 0 Å². The predicted molar refractivity (Wildman–Crippen MR) is 60.4 cm³/mol. The fourth-order valence-corrected chi connectivity index (χ4v) is 0.926. The summed E-state index contributed by atoms with van der Waals surface area (Å²) in [5, 5.41) is 12.8. The molecule has 0 amide bonds. The number of benzene rings is 1. The summed E-state index contributed by atoms with van der Waals surface area (Å²) in [5.74, 6) is -0.921. The summed E-state index contributed by atoms with van der Waals surface area (Å²) in [6.07, 6.45) is 0.889. The lowest BCUT2D eigenvalue weighted by molar-refractivity contribution is 0.0697. The van der Waals surface area contributed by atoms with Crippen molar-refractivity contribution in [2.24, 2.45) is 5.10 Å². The fourth-order valence-electron chi connectivity index (χ4n) is 0.926. The Hall–Kier alpha value is -1.84. The van der Waals surface area contributed by atoms with E-state index in [1.165, 1.54) is 0 Å². The highest BCUT2D eigenvalue weighted by molar-refractivity contribution is 5.88. The number of carboxylic acids is 1. The normalized spacial score (nSPS) is 11.2. The van der Waals surface area contributed by atoms with Crippen LogP contribution in [0, 0.1) is 0 Å². The molecule has 4 heteroatoms. The van der Waals surface area contributed by atoms with Gasteiger partial charge in [0.1, 0.15) is 0 Å². The largest absolute Gasteiger partial charge is 0.478 e. The molecule has 0 aliphatic heterocycles. The second kappa shape index (κ2) is 5.14. The minimum Gasteiger partial charge on any atom is -0.478 e. The third-order valence-electron chi connectivity index (χ3n) is 2.02. The van der Waals surface area contributed by atoms with Gasteiger partial charge in [0.25, 0.3) is 0 Å². The predicted octanol–water partition coefficient (Wildman–Crippen LogP) is 2.58. The molecule has 0 aromatic heterocycles. The molecule has 2 N–H and O–H groups in total. The van der Waals surface area contributed by atoms with Crippen LogP contribution >= 0.6 is 0 Å². The van der Waals surface area contributed by atoms with E-state index in [9.17, 15) is 4.79 Å². The molecule has 0 aliphatic rings. The first kappa shape index (κ1) is 11.2. The highest BCUT2D eigenvalue weighted by Gasteiger charge is 2.00. The molecule has 1 aromatic rings. The Kier molecular flexibility index (Phi) is 3.85. The maximum Gasteiger partial charge on any atom is 0.335 e. The zero-order valence-electron chi connectivity index (χ0n) is 8.82. The van der Waals surface area contributed by atoms with E-state index in [0.717, 1.165) is 17.8 Å². The molecule has 0 heterocycles. The standard InChI is InChI=1S/C11H14N2O2/c1-3-8(2)12-13-10-6-4-9(5-7-10)11(14)15/h4-7,13H,3H2,1-2H3,(H,14,15)/b12-8+. The molecule has 0 spiro atoms. The average molecular weight is 206 g/mol. The van der Waals surface area contributed by atoms with Crippen LogP contribution in [0.1, 0.15) is 30.6 Å². The minimum absolute atomic E-state index is 0.275. The molecular formula is C11H14N2O2. The van der Waals surface area contributed by atoms with Gasteiger partial charge in [0.15, 0.2) is 0 Å². The second-order valence-corrected chi connectivity index (χ2v) is 3.19. The smallest absolute Gasteiger partial charge is 0.335 e. The highest BCUT2D eigenvalue weighted by Crippen LogP contribution is 2.09. The van der Waals surface area contributed by atoms with E-state index in [2.05, 4.69) is 10.5 Å². The number of rotatable bonds is 4. The third-order valence-corrected chi connectivity index (χ3v) is 2.02. The molecular weight excluding hydrogens is 192 g/mol. The van der Waals surface area contributed by atoms with Crippen LogP contribution < -0.4 is 5.43 Å². The molecule has 0 atom stereocenters. The zero-order chi connectivity index (χ0) is 11.3. The third kappa shape index (κ3) is 3.42. The van der Waals surface area contributed by atoms with Crippen molar-refractivity contribution in [2.75, 3.05) is 5.43 Å². The summed E-state index contributed by atoms with van der Waals surface area (Å²) in [5.41, 5.74) is 4.91. The van der Waals surface area contributed by atoms with Crippen molar-refractivity contribution in [2.45, 2.75) is 20.3 Å². The van der Waals surface area contributed by atoms with Crippen molar-refractivity contribution in [1.29, 1.82) is 0 Å². The van der Waals surface area contributed by atoms with Gasteiger partial charge in [0.2, 0.25) is 0 Å². The number of carbonyl (C=O) groups is 1. The minimum atomic E-state index is -0.921. The van der Waals surface area contributed by atoms with E-state index >= 15 is 0 Å². The Morgan fingerprint density at radius 3 is 2.47 bits per heavy atom. The van der Waals surface area contributed by atoms with Gasteiger partial charge in [0.05, 0.1) is 11.3 Å². The van der Waals surface area contributed by atoms with E-state index in [4.69, 9.17) is 5.11 Å². The Labute approximate surface area is 88.6 Å². The van der Waals surface area contributed by atoms with Gasteiger partial charge in [-0.25, -0.2) is 4.79 Å². The summed E-state index contributed by atoms with van der Waals surface area (Å²) in [7, 11) is 0. The number of nitrogens with one attached hydrogen (secondary N) is 1. The van der Waals surface area contributed by atoms with Crippen LogP contribution in [0.25, 0.3) is 0 Å². The highest BCUT2D eigenvalue weighted by atomic mass is 16.4. The van der Waals surface area contributed by atoms with Gasteiger partial charge in [-0.15, -0.1) is 0 Å². The SMILES string of the molecule is CC/C(C)=N/Nc1ccc(C(=O)O)cc1. The molecule has 0 saturated carbocycles. The summed E-state index contributed by atoms with van der Waals surface area (Å²) < 4.78 is 0. The first-order valence-electron chi connectivity index (χ1n) is 4.76. The number of carboxylic acid groups (broad SMARTS) is 1. The summed E-state index contributed by atoms with van der Waals surface area (Å²) in [6.45, 7) is 3.95. The van der Waals surface area contributed by atoms with Gasteiger partial charge < -0.3 is 5.11 Å². The molecule has 1 aromatic carbocycles. The van der Waals surface area contributed by atoms with Crippen LogP contribution in [0.2, 0.25) is 0 Å². The van der Waals surface area contributed by atoms with Crippen LogP contribution in [0.4, 0.5) is 5.69 Å². The van der Waals surface area contributed by atoms with Crippen LogP contribution in [-0.2, 0) is 0 Å². The first-order valence-corrected chi connectivity index (χ1v) is 4.76. The number of aromatic carboxylic acids is 1. The van der Waals surface area contributed by atoms with Crippen molar-refractivity contribution in [3.05, 3.63) is 29.8 Å². The second-order valence-electron chi connectivity index (χ2n) is 3.19. The lowest BCUT2D eigenvalue weighted by atomic mass is 10.2. The van der Waals surface area contributed by atoms with Crippen molar-refractivity contribution >= 4 is 17.4 Å². The Morgan fingerprint density at radius 1 is 1.40 bits per heavy atom. The molecule has 4 nitrogen and oxygen atoms in total. The van der Waals surface area contributed by atoms with Gasteiger partial charge in [-0.05, 0) is 37.6 Å². The van der Waals surface area contributed by atoms with E-state index < -0.39 is 5.97 Å². The summed E-state index contributed by atoms with van der Waals surface area (Å²) in [6, 6.07) is 6.47. The number of hydrogen-bond donors (Lipinski definition) is 2. The molecule has 0 bridgehead atoms. The van der Waals surface area contributed by atoms with Crippen molar-refractivity contribution in [1.82, 2.24) is 0 Å². The molecule has 15 heavy (non-hydrogen) atoms. The van der Waals surface area contributed by atoms with Gasteiger partial charge in [0, 0.05) is 5.71 Å². The Morgan fingerprint density at radius 2 is 2.00 bits per heavy atom. The maximum absolute atomic E-state index is 10.6. The molecule has 0 radical (unpaired) electrons. The van der Waals surface area contributed by atoms with Crippen LogP contribution in [0.3, 0.4) is 0 Å². The van der Waals surface area contributed by atoms with Crippen molar-refractivity contribution < 1.29 is 9.90 Å². The number of nitrogens with zero attached hydrogens (tertiary/aromatic N) is 1. The summed E-state index contributed by atoms with van der Waals surface area (Å²) in [4.78, 5) is 10.6.